The van der Waals surface area contributed by atoms with Crippen LogP contribution in [-0.2, 0) is 17.4 Å². The lowest BCUT2D eigenvalue weighted by Gasteiger charge is -2.22. The number of rotatable bonds is 8. The van der Waals surface area contributed by atoms with Crippen molar-refractivity contribution in [3.05, 3.63) is 107 Å². The fourth-order valence-electron chi connectivity index (χ4n) is 4.34. The number of H-pyrrole nitrogens is 1. The maximum absolute atomic E-state index is 14.0. The van der Waals surface area contributed by atoms with Crippen LogP contribution in [0.1, 0.15) is 51.3 Å². The molecule has 1 aromatic heterocycles. The number of carbonyl (C=O) groups is 3. The number of aromatic nitrogens is 1. The van der Waals surface area contributed by atoms with E-state index in [0.717, 1.165) is 12.1 Å². The zero-order valence-electron chi connectivity index (χ0n) is 22.0. The Kier molecular flexibility index (Phi) is 7.95. The van der Waals surface area contributed by atoms with Crippen LogP contribution in [0.15, 0.2) is 79.0 Å². The molecular formula is C31H27F3N2O4. The molecule has 0 fully saturated rings. The normalized spacial score (nSPS) is 11.5. The van der Waals surface area contributed by atoms with Crippen LogP contribution in [0.5, 0.6) is 0 Å². The minimum atomic E-state index is -4.49. The molecule has 9 heteroatoms. The summed E-state index contributed by atoms with van der Waals surface area (Å²) in [5, 5.41) is 9.07. The predicted molar refractivity (Wildman–Crippen MR) is 145 cm³/mol. The molecule has 0 saturated carbocycles. The smallest absolute Gasteiger partial charge is 0.416 e. The summed E-state index contributed by atoms with van der Waals surface area (Å²) in [4.78, 5) is 43.3. The highest BCUT2D eigenvalue weighted by atomic mass is 19.4. The van der Waals surface area contributed by atoms with Crippen LogP contribution >= 0.6 is 0 Å². The third kappa shape index (κ3) is 5.83. The van der Waals surface area contributed by atoms with Crippen LogP contribution in [0.3, 0.4) is 0 Å². The Morgan fingerprint density at radius 3 is 2.05 bits per heavy atom. The molecule has 6 nitrogen and oxygen atoms in total. The van der Waals surface area contributed by atoms with Crippen LogP contribution in [0.25, 0.3) is 22.4 Å². The van der Waals surface area contributed by atoms with Crippen molar-refractivity contribution >= 4 is 17.7 Å². The highest BCUT2D eigenvalue weighted by Crippen LogP contribution is 2.34. The summed E-state index contributed by atoms with van der Waals surface area (Å²) in [6, 6.07) is 17.6. The molecule has 1 heterocycles. The molecule has 206 valence electrons. The van der Waals surface area contributed by atoms with Gasteiger partial charge in [-0.15, -0.1) is 0 Å². The molecule has 2 N–H and O–H groups in total. The Hall–Kier alpha value is -4.66. The van der Waals surface area contributed by atoms with E-state index in [9.17, 15) is 27.6 Å². The Morgan fingerprint density at radius 2 is 1.48 bits per heavy atom. The van der Waals surface area contributed by atoms with Gasteiger partial charge in [0.2, 0.25) is 0 Å². The van der Waals surface area contributed by atoms with Gasteiger partial charge >= 0.3 is 12.1 Å². The van der Waals surface area contributed by atoms with E-state index in [4.69, 9.17) is 5.11 Å². The number of carboxylic acid groups (broad SMARTS) is 1. The molecule has 40 heavy (non-hydrogen) atoms. The lowest BCUT2D eigenvalue weighted by Crippen LogP contribution is -2.34. The van der Waals surface area contributed by atoms with Gasteiger partial charge in [-0.05, 0) is 48.2 Å². The van der Waals surface area contributed by atoms with Gasteiger partial charge in [0.05, 0.1) is 28.8 Å². The minimum Gasteiger partial charge on any atom is -0.481 e. The third-order valence-corrected chi connectivity index (χ3v) is 6.73. The van der Waals surface area contributed by atoms with E-state index in [-0.39, 0.29) is 29.2 Å². The van der Waals surface area contributed by atoms with Crippen molar-refractivity contribution in [2.24, 2.45) is 0 Å². The molecule has 0 radical (unpaired) electrons. The second-order valence-electron chi connectivity index (χ2n) is 9.68. The van der Waals surface area contributed by atoms with Crippen molar-refractivity contribution in [2.45, 2.75) is 32.5 Å². The number of alkyl halides is 3. The Bertz CT molecular complexity index is 1550. The van der Waals surface area contributed by atoms with Crippen LogP contribution in [-0.4, -0.2) is 45.7 Å². The first kappa shape index (κ1) is 28.4. The number of amides is 1. The van der Waals surface area contributed by atoms with Gasteiger partial charge in [-0.1, -0.05) is 60.7 Å². The van der Waals surface area contributed by atoms with Crippen LogP contribution in [0.4, 0.5) is 13.2 Å². The SMILES string of the molecule is CC(C)N(C)C(=O)c1c(C(=O)c2ccccc2-c2ccc(C(F)(F)F)cc2)c[nH]c1-c1ccc(CC(=O)O)cc1. The van der Waals surface area contributed by atoms with Crippen LogP contribution in [0.2, 0.25) is 0 Å². The quantitative estimate of drug-likeness (QED) is 0.240. The first-order chi connectivity index (χ1) is 18.9. The number of hydrogen-bond donors (Lipinski definition) is 2. The van der Waals surface area contributed by atoms with Gasteiger partial charge in [0.1, 0.15) is 0 Å². The summed E-state index contributed by atoms with van der Waals surface area (Å²) in [5.74, 6) is -1.83. The first-order valence-corrected chi connectivity index (χ1v) is 12.5. The average Bonchev–Trinajstić information content (AvgIpc) is 3.36. The number of halogens is 3. The fourth-order valence-corrected chi connectivity index (χ4v) is 4.34. The van der Waals surface area contributed by atoms with E-state index >= 15 is 0 Å². The minimum absolute atomic E-state index is 0.112. The van der Waals surface area contributed by atoms with E-state index in [1.807, 2.05) is 13.8 Å². The van der Waals surface area contributed by atoms with Crippen molar-refractivity contribution in [1.82, 2.24) is 9.88 Å². The zero-order valence-corrected chi connectivity index (χ0v) is 22.0. The van der Waals surface area contributed by atoms with E-state index in [1.54, 1.807) is 55.6 Å². The van der Waals surface area contributed by atoms with Crippen molar-refractivity contribution in [2.75, 3.05) is 7.05 Å². The molecule has 3 aromatic carbocycles. The average molecular weight is 549 g/mol. The number of carboxylic acids is 1. The van der Waals surface area contributed by atoms with Gasteiger partial charge in [0.25, 0.3) is 5.91 Å². The predicted octanol–water partition coefficient (Wildman–Crippen LogP) is 6.71. The number of aromatic amines is 1. The monoisotopic (exact) mass is 548 g/mol. The zero-order chi connectivity index (χ0) is 29.2. The summed E-state index contributed by atoms with van der Waals surface area (Å²) in [6.07, 6.45) is -3.19. The molecule has 0 aliphatic carbocycles. The summed E-state index contributed by atoms with van der Waals surface area (Å²) < 4.78 is 39.3. The number of benzene rings is 3. The van der Waals surface area contributed by atoms with Crippen LogP contribution < -0.4 is 0 Å². The molecular weight excluding hydrogens is 521 g/mol. The van der Waals surface area contributed by atoms with Gasteiger partial charge in [-0.3, -0.25) is 14.4 Å². The van der Waals surface area contributed by atoms with Gasteiger partial charge in [0, 0.05) is 24.8 Å². The molecule has 0 aliphatic rings. The number of hydrogen-bond acceptors (Lipinski definition) is 3. The van der Waals surface area contributed by atoms with Crippen LogP contribution in [0, 0.1) is 0 Å². The van der Waals surface area contributed by atoms with E-state index < -0.39 is 29.4 Å². The summed E-state index contributed by atoms with van der Waals surface area (Å²) >= 11 is 0. The molecule has 0 saturated heterocycles. The van der Waals surface area contributed by atoms with Gasteiger partial charge in [-0.2, -0.15) is 13.2 Å². The van der Waals surface area contributed by atoms with E-state index in [0.29, 0.717) is 27.9 Å². The standard InChI is InChI=1S/C31H27F3N2O4/c1-18(2)36(3)30(40)27-25(17-35-28(27)21-10-8-19(9-11-21)16-26(37)38)29(39)24-7-5-4-6-23(24)20-12-14-22(15-13-20)31(32,33)34/h4-15,17-18,35H,16H2,1-3H3,(H,37,38). The number of carbonyl (C=O) groups excluding carboxylic acids is 2. The summed E-state index contributed by atoms with van der Waals surface area (Å²) in [6.45, 7) is 3.68. The number of aliphatic carboxylic acids is 1. The molecule has 0 spiro atoms. The lowest BCUT2D eigenvalue weighted by atomic mass is 9.91. The first-order valence-electron chi connectivity index (χ1n) is 12.5. The Labute approximate surface area is 229 Å². The third-order valence-electron chi connectivity index (χ3n) is 6.73. The van der Waals surface area contributed by atoms with Gasteiger partial charge in [-0.25, -0.2) is 0 Å². The molecule has 0 unspecified atom stereocenters. The molecule has 0 atom stereocenters. The maximum Gasteiger partial charge on any atom is 0.416 e. The van der Waals surface area contributed by atoms with Crippen molar-refractivity contribution < 1.29 is 32.7 Å². The molecule has 0 bridgehead atoms. The second kappa shape index (κ2) is 11.2. The highest BCUT2D eigenvalue weighted by molar-refractivity contribution is 6.19. The molecule has 4 aromatic rings. The largest absolute Gasteiger partial charge is 0.481 e. The highest BCUT2D eigenvalue weighted by Gasteiger charge is 2.31. The summed E-state index contributed by atoms with van der Waals surface area (Å²) in [7, 11) is 1.63. The second-order valence-corrected chi connectivity index (χ2v) is 9.68. The number of ketones is 1. The Balaban J connectivity index is 1.81. The molecule has 4 rings (SSSR count). The van der Waals surface area contributed by atoms with Crippen molar-refractivity contribution in [3.63, 3.8) is 0 Å². The lowest BCUT2D eigenvalue weighted by molar-refractivity contribution is -0.138. The Morgan fingerprint density at radius 1 is 0.875 bits per heavy atom. The van der Waals surface area contributed by atoms with Crippen molar-refractivity contribution in [1.29, 1.82) is 0 Å². The maximum atomic E-state index is 14.0. The number of nitrogens with zero attached hydrogens (tertiary/aromatic N) is 1. The van der Waals surface area contributed by atoms with Gasteiger partial charge in [0.15, 0.2) is 5.78 Å². The topological polar surface area (TPSA) is 90.5 Å². The van der Waals surface area contributed by atoms with E-state index in [2.05, 4.69) is 4.98 Å². The molecule has 0 aliphatic heterocycles. The van der Waals surface area contributed by atoms with Gasteiger partial charge < -0.3 is 15.0 Å². The fraction of sp³-hybridized carbons (Fsp3) is 0.194. The summed E-state index contributed by atoms with van der Waals surface area (Å²) in [5.41, 5.74) is 2.11. The molecule has 1 amide bonds. The van der Waals surface area contributed by atoms with E-state index in [1.165, 1.54) is 23.2 Å². The van der Waals surface area contributed by atoms with Crippen molar-refractivity contribution in [3.8, 4) is 22.4 Å². The number of nitrogens with one attached hydrogen (secondary N) is 1.